The van der Waals surface area contributed by atoms with Crippen LogP contribution in [0.15, 0.2) is 24.3 Å². The zero-order valence-corrected chi connectivity index (χ0v) is 7.89. The quantitative estimate of drug-likeness (QED) is 0.535. The van der Waals surface area contributed by atoms with Crippen molar-refractivity contribution in [3.63, 3.8) is 0 Å². The summed E-state index contributed by atoms with van der Waals surface area (Å²) in [5.74, 6) is 0. The molecular weight excluding hydrogens is 131 g/mol. The van der Waals surface area contributed by atoms with Crippen LogP contribution in [-0.2, 0) is 0 Å². The van der Waals surface area contributed by atoms with Gasteiger partial charge < -0.3 is 0 Å². The lowest BCUT2D eigenvalue weighted by Gasteiger charge is -1.93. The largest absolute Gasteiger partial charge is 0.148 e. The van der Waals surface area contributed by atoms with Gasteiger partial charge in [0.15, 0.2) is 0 Å². The van der Waals surface area contributed by atoms with Gasteiger partial charge in [0.2, 0.25) is 0 Å². The standard InChI is InChI=1S/C8H10B.C2H6/c1-7-3-5-8(9-2)6-4-7;1-2/h3-6H,1-2H3;1-2H3. The molecule has 1 rings (SSSR count). The average molecular weight is 147 g/mol. The summed E-state index contributed by atoms with van der Waals surface area (Å²) in [6.45, 7) is 8.14. The van der Waals surface area contributed by atoms with Crippen LogP contribution in [0.5, 0.6) is 0 Å². The normalized spacial score (nSPS) is 8.00. The molecule has 0 N–H and O–H groups in total. The first-order chi connectivity index (χ1) is 5.33. The van der Waals surface area contributed by atoms with Gasteiger partial charge >= 0.3 is 0 Å². The first-order valence-corrected chi connectivity index (χ1v) is 4.19. The van der Waals surface area contributed by atoms with E-state index >= 15 is 0 Å². The molecule has 59 valence electrons. The second-order valence-corrected chi connectivity index (χ2v) is 2.20. The fraction of sp³-hybridized carbons (Fsp3) is 0.400. The van der Waals surface area contributed by atoms with E-state index in [0.29, 0.717) is 0 Å². The van der Waals surface area contributed by atoms with Gasteiger partial charge in [-0.05, 0) is 6.92 Å². The van der Waals surface area contributed by atoms with Crippen molar-refractivity contribution in [2.24, 2.45) is 0 Å². The zero-order valence-electron chi connectivity index (χ0n) is 7.89. The molecular formula is C10H16B. The lowest BCUT2D eigenvalue weighted by Crippen LogP contribution is -2.08. The van der Waals surface area contributed by atoms with Crippen LogP contribution in [0.25, 0.3) is 0 Å². The Bertz CT molecular complexity index is 177. The molecule has 0 bridgehead atoms. The predicted molar refractivity (Wildman–Crippen MR) is 53.8 cm³/mol. The van der Waals surface area contributed by atoms with E-state index in [1.807, 2.05) is 20.7 Å². The molecule has 0 aliphatic rings. The number of aryl methyl sites for hydroxylation is 1. The first-order valence-electron chi connectivity index (χ1n) is 4.19. The number of benzene rings is 1. The Morgan fingerprint density at radius 3 is 1.82 bits per heavy atom. The van der Waals surface area contributed by atoms with Crippen LogP contribution >= 0.6 is 0 Å². The molecule has 0 nitrogen and oxygen atoms in total. The van der Waals surface area contributed by atoms with Crippen LogP contribution in [-0.4, -0.2) is 7.28 Å². The third-order valence-electron chi connectivity index (χ3n) is 1.41. The van der Waals surface area contributed by atoms with Crippen molar-refractivity contribution in [3.8, 4) is 0 Å². The Balaban J connectivity index is 0.000000461. The van der Waals surface area contributed by atoms with Gasteiger partial charge in [-0.1, -0.05) is 56.0 Å². The third kappa shape index (κ3) is 3.87. The lowest BCUT2D eigenvalue weighted by atomic mass is 9.73. The zero-order chi connectivity index (χ0) is 8.69. The van der Waals surface area contributed by atoms with Gasteiger partial charge in [0.05, 0.1) is 0 Å². The molecule has 1 aromatic carbocycles. The third-order valence-corrected chi connectivity index (χ3v) is 1.41. The van der Waals surface area contributed by atoms with E-state index in [9.17, 15) is 0 Å². The van der Waals surface area contributed by atoms with Crippen LogP contribution in [0, 0.1) is 6.92 Å². The predicted octanol–water partition coefficient (Wildman–Crippen LogP) is 2.40. The summed E-state index contributed by atoms with van der Waals surface area (Å²) in [6, 6.07) is 8.48. The Morgan fingerprint density at radius 2 is 1.45 bits per heavy atom. The molecule has 0 unspecified atom stereocenters. The van der Waals surface area contributed by atoms with Crippen LogP contribution in [0.3, 0.4) is 0 Å². The van der Waals surface area contributed by atoms with Gasteiger partial charge in [-0.15, -0.1) is 0 Å². The van der Waals surface area contributed by atoms with Crippen molar-refractivity contribution in [3.05, 3.63) is 29.8 Å². The summed E-state index contributed by atoms with van der Waals surface area (Å²) in [5, 5.41) is 0. The number of hydrogen-bond donors (Lipinski definition) is 0. The molecule has 0 saturated carbocycles. The molecule has 0 amide bonds. The van der Waals surface area contributed by atoms with Gasteiger partial charge in [0.25, 0.3) is 0 Å². The Labute approximate surface area is 70.9 Å². The first kappa shape index (κ1) is 10.3. The minimum absolute atomic E-state index is 1.29. The molecule has 0 fully saturated rings. The summed E-state index contributed by atoms with van der Waals surface area (Å²) >= 11 is 0. The molecule has 0 spiro atoms. The molecule has 1 aromatic rings. The van der Waals surface area contributed by atoms with E-state index in [4.69, 9.17) is 0 Å². The highest BCUT2D eigenvalue weighted by atomic mass is 13.8. The van der Waals surface area contributed by atoms with Crippen molar-refractivity contribution >= 4 is 12.7 Å². The molecule has 1 radical (unpaired) electrons. The van der Waals surface area contributed by atoms with E-state index < -0.39 is 0 Å². The van der Waals surface area contributed by atoms with Crippen molar-refractivity contribution in [2.75, 3.05) is 0 Å². The Kier molecular flexibility index (Phi) is 5.63. The molecule has 11 heavy (non-hydrogen) atoms. The number of hydrogen-bond acceptors (Lipinski definition) is 0. The van der Waals surface area contributed by atoms with Crippen molar-refractivity contribution in [2.45, 2.75) is 27.6 Å². The van der Waals surface area contributed by atoms with Crippen LogP contribution in [0.2, 0.25) is 6.82 Å². The smallest absolute Gasteiger partial charge is 0.0881 e. The highest BCUT2D eigenvalue weighted by molar-refractivity contribution is 6.51. The second-order valence-electron chi connectivity index (χ2n) is 2.20. The van der Waals surface area contributed by atoms with Gasteiger partial charge in [-0.25, -0.2) is 0 Å². The topological polar surface area (TPSA) is 0 Å². The SMILES string of the molecule is CC.C[B]c1ccc(C)cc1. The fourth-order valence-corrected chi connectivity index (χ4v) is 0.759. The molecule has 0 saturated heterocycles. The number of rotatable bonds is 1. The van der Waals surface area contributed by atoms with Crippen molar-refractivity contribution in [1.29, 1.82) is 0 Å². The summed E-state index contributed by atoms with van der Waals surface area (Å²) in [7, 11) is 2.10. The highest BCUT2D eigenvalue weighted by Gasteiger charge is 1.86. The summed E-state index contributed by atoms with van der Waals surface area (Å²) in [5.41, 5.74) is 2.61. The molecule has 1 heteroatoms. The van der Waals surface area contributed by atoms with E-state index in [-0.39, 0.29) is 0 Å². The van der Waals surface area contributed by atoms with E-state index in [1.54, 1.807) is 0 Å². The molecule has 0 aromatic heterocycles. The maximum absolute atomic E-state index is 2.12. The van der Waals surface area contributed by atoms with E-state index in [1.165, 1.54) is 11.0 Å². The Hall–Kier alpha value is -0.715. The van der Waals surface area contributed by atoms with Crippen LogP contribution < -0.4 is 5.46 Å². The Morgan fingerprint density at radius 1 is 1.00 bits per heavy atom. The fourth-order valence-electron chi connectivity index (χ4n) is 0.759. The highest BCUT2D eigenvalue weighted by Crippen LogP contribution is 1.91. The van der Waals surface area contributed by atoms with Gasteiger partial charge in [-0.2, -0.15) is 0 Å². The maximum Gasteiger partial charge on any atom is 0.148 e. The van der Waals surface area contributed by atoms with E-state index in [0.717, 1.165) is 0 Å². The lowest BCUT2D eigenvalue weighted by molar-refractivity contribution is 1.49. The molecule has 0 heterocycles. The monoisotopic (exact) mass is 147 g/mol. The maximum atomic E-state index is 2.12. The minimum atomic E-state index is 1.29. The molecule has 0 aliphatic heterocycles. The molecule has 0 aliphatic carbocycles. The van der Waals surface area contributed by atoms with Gasteiger partial charge in [-0.3, -0.25) is 0 Å². The minimum Gasteiger partial charge on any atom is -0.0881 e. The van der Waals surface area contributed by atoms with E-state index in [2.05, 4.69) is 38.5 Å². The molecule has 0 atom stereocenters. The van der Waals surface area contributed by atoms with Gasteiger partial charge in [0.1, 0.15) is 7.28 Å². The van der Waals surface area contributed by atoms with Crippen molar-refractivity contribution < 1.29 is 0 Å². The van der Waals surface area contributed by atoms with Gasteiger partial charge in [0, 0.05) is 0 Å². The van der Waals surface area contributed by atoms with Crippen LogP contribution in [0.1, 0.15) is 19.4 Å². The summed E-state index contributed by atoms with van der Waals surface area (Å²) < 4.78 is 0. The summed E-state index contributed by atoms with van der Waals surface area (Å²) in [4.78, 5) is 0. The summed E-state index contributed by atoms with van der Waals surface area (Å²) in [6.07, 6.45) is 0. The average Bonchev–Trinajstić information content (AvgIpc) is 2.10. The van der Waals surface area contributed by atoms with Crippen LogP contribution in [0.4, 0.5) is 0 Å². The second kappa shape index (κ2) is 6.02. The van der Waals surface area contributed by atoms with Crippen molar-refractivity contribution in [1.82, 2.24) is 0 Å².